The van der Waals surface area contributed by atoms with Gasteiger partial charge in [-0.15, -0.1) is 0 Å². The van der Waals surface area contributed by atoms with Crippen LogP contribution in [0.25, 0.3) is 0 Å². The first-order chi connectivity index (χ1) is 9.49. The molecule has 0 saturated heterocycles. The number of nitrogens with zero attached hydrogens (tertiary/aromatic N) is 1. The molecule has 1 heterocycles. The lowest BCUT2D eigenvalue weighted by Crippen LogP contribution is -2.24. The highest BCUT2D eigenvalue weighted by Crippen LogP contribution is 2.03. The monoisotopic (exact) mass is 297 g/mol. The number of hydrogen-bond donors (Lipinski definition) is 3. The molecule has 1 aromatic heterocycles. The number of primary amides is 1. The van der Waals surface area contributed by atoms with E-state index in [4.69, 9.17) is 10.8 Å². The van der Waals surface area contributed by atoms with E-state index in [1.807, 2.05) is 0 Å². The van der Waals surface area contributed by atoms with Gasteiger partial charge in [0.25, 0.3) is 0 Å². The summed E-state index contributed by atoms with van der Waals surface area (Å²) in [7, 11) is 0. The Hall–Kier alpha value is -2.09. The SMILES string of the molecule is NC(=O)CSCCC(=O)NCc1cc(C(=O)O)ccn1. The quantitative estimate of drug-likeness (QED) is 0.581. The van der Waals surface area contributed by atoms with Crippen molar-refractivity contribution in [2.75, 3.05) is 11.5 Å². The molecule has 20 heavy (non-hydrogen) atoms. The van der Waals surface area contributed by atoms with Crippen LogP contribution in [0, 0.1) is 0 Å². The van der Waals surface area contributed by atoms with Gasteiger partial charge in [-0.25, -0.2) is 4.79 Å². The molecule has 0 aliphatic heterocycles. The average Bonchev–Trinajstić information content (AvgIpc) is 2.41. The second-order valence-corrected chi connectivity index (χ2v) is 4.99. The molecular formula is C12H15N3O4S. The van der Waals surface area contributed by atoms with E-state index in [0.29, 0.717) is 11.4 Å². The molecule has 0 bridgehead atoms. The largest absolute Gasteiger partial charge is 0.478 e. The van der Waals surface area contributed by atoms with Gasteiger partial charge in [0, 0.05) is 18.4 Å². The number of amides is 2. The fourth-order valence-corrected chi connectivity index (χ4v) is 2.00. The molecule has 0 aliphatic carbocycles. The summed E-state index contributed by atoms with van der Waals surface area (Å²) in [4.78, 5) is 36.7. The number of nitrogens with one attached hydrogen (secondary N) is 1. The third-order valence-corrected chi connectivity index (χ3v) is 3.23. The molecule has 0 saturated carbocycles. The molecule has 108 valence electrons. The van der Waals surface area contributed by atoms with Crippen molar-refractivity contribution in [1.82, 2.24) is 10.3 Å². The van der Waals surface area contributed by atoms with Gasteiger partial charge in [-0.1, -0.05) is 0 Å². The molecule has 0 spiro atoms. The summed E-state index contributed by atoms with van der Waals surface area (Å²) in [6.07, 6.45) is 1.64. The Balaban J connectivity index is 2.32. The molecule has 4 N–H and O–H groups in total. The Labute approximate surface area is 119 Å². The summed E-state index contributed by atoms with van der Waals surface area (Å²) in [5.74, 6) is -0.954. The maximum absolute atomic E-state index is 11.5. The van der Waals surface area contributed by atoms with E-state index in [1.165, 1.54) is 30.1 Å². The lowest BCUT2D eigenvalue weighted by Gasteiger charge is -2.05. The van der Waals surface area contributed by atoms with Gasteiger partial charge in [0.15, 0.2) is 0 Å². The minimum Gasteiger partial charge on any atom is -0.478 e. The zero-order chi connectivity index (χ0) is 15.0. The number of carbonyl (C=O) groups is 3. The highest BCUT2D eigenvalue weighted by atomic mass is 32.2. The predicted molar refractivity (Wildman–Crippen MR) is 74.2 cm³/mol. The molecule has 1 rings (SSSR count). The molecule has 0 aliphatic rings. The van der Waals surface area contributed by atoms with Crippen LogP contribution in [0.3, 0.4) is 0 Å². The summed E-state index contributed by atoms with van der Waals surface area (Å²) in [6, 6.07) is 2.79. The standard InChI is InChI=1S/C12H15N3O4S/c13-10(16)7-20-4-2-11(17)15-6-9-5-8(12(18)19)1-3-14-9/h1,3,5H,2,4,6-7H2,(H2,13,16)(H,15,17)(H,18,19). The van der Waals surface area contributed by atoms with Crippen molar-refractivity contribution in [1.29, 1.82) is 0 Å². The van der Waals surface area contributed by atoms with Crippen LogP contribution in [0.2, 0.25) is 0 Å². The van der Waals surface area contributed by atoms with E-state index in [2.05, 4.69) is 10.3 Å². The summed E-state index contributed by atoms with van der Waals surface area (Å²) in [6.45, 7) is 0.167. The number of carboxylic acids is 1. The van der Waals surface area contributed by atoms with Crippen molar-refractivity contribution in [2.45, 2.75) is 13.0 Å². The average molecular weight is 297 g/mol. The molecule has 2 amide bonds. The first kappa shape index (κ1) is 16.0. The third-order valence-electron chi connectivity index (χ3n) is 2.25. The van der Waals surface area contributed by atoms with Crippen LogP contribution in [0.15, 0.2) is 18.3 Å². The number of pyridine rings is 1. The maximum atomic E-state index is 11.5. The van der Waals surface area contributed by atoms with Gasteiger partial charge >= 0.3 is 5.97 Å². The molecular weight excluding hydrogens is 282 g/mol. The van der Waals surface area contributed by atoms with E-state index in [0.717, 1.165) is 0 Å². The number of aromatic nitrogens is 1. The van der Waals surface area contributed by atoms with E-state index < -0.39 is 11.9 Å². The van der Waals surface area contributed by atoms with Crippen LogP contribution in [0.5, 0.6) is 0 Å². The second kappa shape index (κ2) is 8.16. The van der Waals surface area contributed by atoms with Gasteiger partial charge in [0.05, 0.1) is 23.6 Å². The Kier molecular flexibility index (Phi) is 6.51. The highest BCUT2D eigenvalue weighted by Gasteiger charge is 2.06. The second-order valence-electron chi connectivity index (χ2n) is 3.89. The number of carboxylic acid groups (broad SMARTS) is 1. The van der Waals surface area contributed by atoms with Gasteiger partial charge in [-0.05, 0) is 12.1 Å². The predicted octanol–water partition coefficient (Wildman–Crippen LogP) is 0.00460. The summed E-state index contributed by atoms with van der Waals surface area (Å²) in [5.41, 5.74) is 5.57. The van der Waals surface area contributed by atoms with Gasteiger partial charge in [0.2, 0.25) is 11.8 Å². The van der Waals surface area contributed by atoms with Crippen LogP contribution >= 0.6 is 11.8 Å². The fourth-order valence-electron chi connectivity index (χ4n) is 1.32. The van der Waals surface area contributed by atoms with Gasteiger partial charge in [-0.3, -0.25) is 14.6 Å². The summed E-state index contributed by atoms with van der Waals surface area (Å²) in [5, 5.41) is 11.4. The maximum Gasteiger partial charge on any atom is 0.335 e. The first-order valence-electron chi connectivity index (χ1n) is 5.80. The summed E-state index contributed by atoms with van der Waals surface area (Å²) >= 11 is 1.29. The Bertz CT molecular complexity index is 507. The fraction of sp³-hybridized carbons (Fsp3) is 0.333. The third kappa shape index (κ3) is 6.19. The first-order valence-corrected chi connectivity index (χ1v) is 6.95. The zero-order valence-electron chi connectivity index (χ0n) is 10.7. The number of carbonyl (C=O) groups excluding carboxylic acids is 2. The molecule has 0 fully saturated rings. The zero-order valence-corrected chi connectivity index (χ0v) is 11.5. The van der Waals surface area contributed by atoms with Crippen molar-refractivity contribution in [2.24, 2.45) is 5.73 Å². The van der Waals surface area contributed by atoms with Crippen LogP contribution in [-0.2, 0) is 16.1 Å². The van der Waals surface area contributed by atoms with E-state index in [9.17, 15) is 14.4 Å². The van der Waals surface area contributed by atoms with Gasteiger partial charge in [-0.2, -0.15) is 11.8 Å². The number of rotatable bonds is 8. The lowest BCUT2D eigenvalue weighted by molar-refractivity contribution is -0.121. The van der Waals surface area contributed by atoms with Crippen molar-refractivity contribution >= 4 is 29.5 Å². The topological polar surface area (TPSA) is 122 Å². The van der Waals surface area contributed by atoms with Gasteiger partial charge in [0.1, 0.15) is 0 Å². The molecule has 0 atom stereocenters. The molecule has 8 heteroatoms. The Morgan fingerprint density at radius 2 is 2.15 bits per heavy atom. The Morgan fingerprint density at radius 3 is 2.80 bits per heavy atom. The molecule has 0 radical (unpaired) electrons. The number of nitrogens with two attached hydrogens (primary N) is 1. The summed E-state index contributed by atoms with van der Waals surface area (Å²) < 4.78 is 0. The van der Waals surface area contributed by atoms with Crippen molar-refractivity contribution in [3.63, 3.8) is 0 Å². The van der Waals surface area contributed by atoms with Crippen LogP contribution in [0.4, 0.5) is 0 Å². The highest BCUT2D eigenvalue weighted by molar-refractivity contribution is 7.99. The normalized spacial score (nSPS) is 10.0. The van der Waals surface area contributed by atoms with Crippen LogP contribution < -0.4 is 11.1 Å². The van der Waals surface area contributed by atoms with Crippen LogP contribution in [0.1, 0.15) is 22.5 Å². The molecule has 7 nitrogen and oxygen atoms in total. The number of thioether (sulfide) groups is 1. The molecule has 0 unspecified atom stereocenters. The lowest BCUT2D eigenvalue weighted by atomic mass is 10.2. The van der Waals surface area contributed by atoms with E-state index >= 15 is 0 Å². The Morgan fingerprint density at radius 1 is 1.40 bits per heavy atom. The van der Waals surface area contributed by atoms with Crippen molar-refractivity contribution < 1.29 is 19.5 Å². The molecule has 1 aromatic rings. The van der Waals surface area contributed by atoms with Gasteiger partial charge < -0.3 is 16.2 Å². The van der Waals surface area contributed by atoms with Crippen molar-refractivity contribution in [3.8, 4) is 0 Å². The van der Waals surface area contributed by atoms with Crippen molar-refractivity contribution in [3.05, 3.63) is 29.6 Å². The number of hydrogen-bond acceptors (Lipinski definition) is 5. The molecule has 0 aromatic carbocycles. The minimum absolute atomic E-state index is 0.126. The number of aromatic carboxylic acids is 1. The minimum atomic E-state index is -1.04. The van der Waals surface area contributed by atoms with Crippen LogP contribution in [-0.4, -0.2) is 39.4 Å². The smallest absolute Gasteiger partial charge is 0.335 e. The van der Waals surface area contributed by atoms with E-state index in [-0.39, 0.29) is 30.2 Å². The van der Waals surface area contributed by atoms with E-state index in [1.54, 1.807) is 0 Å².